The molecule has 2 aromatic rings. The van der Waals surface area contributed by atoms with E-state index >= 15 is 0 Å². The molecule has 0 aromatic carbocycles. The summed E-state index contributed by atoms with van der Waals surface area (Å²) in [6.07, 6.45) is 7.23. The summed E-state index contributed by atoms with van der Waals surface area (Å²) in [5.74, 6) is -0.00625. The van der Waals surface area contributed by atoms with Crippen molar-refractivity contribution in [2.45, 2.75) is 44.0 Å². The summed E-state index contributed by atoms with van der Waals surface area (Å²) >= 11 is 6.08. The monoisotopic (exact) mass is 377 g/mol. The average Bonchev–Trinajstić information content (AvgIpc) is 3.02. The van der Waals surface area contributed by atoms with Crippen LogP contribution in [0.5, 0.6) is 0 Å². The Kier molecular flexibility index (Phi) is 4.58. The Hall–Kier alpha value is -2.12. The number of hydrogen-bond donors (Lipinski definition) is 3. The molecule has 1 aliphatic carbocycles. The zero-order valence-electron chi connectivity index (χ0n) is 14.4. The molecule has 4 rings (SSSR count). The first-order valence-electron chi connectivity index (χ1n) is 8.76. The number of nitrogens with one attached hydrogen (secondary N) is 2. The lowest BCUT2D eigenvalue weighted by Gasteiger charge is -2.36. The predicted molar refractivity (Wildman–Crippen MR) is 99.6 cm³/mol. The van der Waals surface area contributed by atoms with Crippen molar-refractivity contribution >= 4 is 28.8 Å². The minimum atomic E-state index is -0.403. The molecule has 1 saturated carbocycles. The maximum Gasteiger partial charge on any atom is 0.181 e. The molecule has 1 aliphatic heterocycles. The fourth-order valence-corrected chi connectivity index (χ4v) is 3.91. The van der Waals surface area contributed by atoms with E-state index in [2.05, 4.69) is 20.3 Å². The van der Waals surface area contributed by atoms with E-state index in [1.807, 2.05) is 12.3 Å². The van der Waals surface area contributed by atoms with Crippen LogP contribution in [0.1, 0.15) is 37.4 Å². The number of nitrogens with zero attached hydrogens (tertiary/aromatic N) is 3. The minimum absolute atomic E-state index is 0.0492. The van der Waals surface area contributed by atoms with Gasteiger partial charge in [-0.15, -0.1) is 0 Å². The van der Waals surface area contributed by atoms with Gasteiger partial charge in [-0.2, -0.15) is 0 Å². The molecule has 3 atom stereocenters. The van der Waals surface area contributed by atoms with Gasteiger partial charge in [-0.1, -0.05) is 11.6 Å². The van der Waals surface area contributed by atoms with Gasteiger partial charge in [-0.3, -0.25) is 4.99 Å². The topological polar surface area (TPSA) is 76.5 Å². The smallest absolute Gasteiger partial charge is 0.181 e. The van der Waals surface area contributed by atoms with E-state index in [1.165, 1.54) is 6.21 Å². The number of rotatable bonds is 3. The van der Waals surface area contributed by atoms with Crippen LogP contribution in [0.15, 0.2) is 35.1 Å². The molecule has 6 nitrogen and oxygen atoms in total. The van der Waals surface area contributed by atoms with Crippen LogP contribution in [0.4, 0.5) is 4.39 Å². The van der Waals surface area contributed by atoms with Gasteiger partial charge in [0.1, 0.15) is 17.6 Å². The number of aliphatic hydroxyl groups is 1. The van der Waals surface area contributed by atoms with E-state index in [9.17, 15) is 9.50 Å². The second-order valence-corrected chi connectivity index (χ2v) is 7.35. The fourth-order valence-electron chi connectivity index (χ4n) is 3.75. The Morgan fingerprint density at radius 3 is 3.08 bits per heavy atom. The van der Waals surface area contributed by atoms with Gasteiger partial charge in [0, 0.05) is 36.4 Å². The summed E-state index contributed by atoms with van der Waals surface area (Å²) in [7, 11) is 1.80. The van der Waals surface area contributed by atoms with Crippen LogP contribution in [0.25, 0.3) is 11.0 Å². The highest BCUT2D eigenvalue weighted by atomic mass is 35.5. The van der Waals surface area contributed by atoms with Gasteiger partial charge >= 0.3 is 0 Å². The number of H-pyrrole nitrogens is 1. The van der Waals surface area contributed by atoms with Crippen LogP contribution >= 0.6 is 11.6 Å². The molecule has 0 spiro atoms. The fraction of sp³-hybridized carbons (Fsp3) is 0.444. The van der Waals surface area contributed by atoms with Crippen molar-refractivity contribution in [2.75, 3.05) is 7.05 Å². The summed E-state index contributed by atoms with van der Waals surface area (Å²) in [6.45, 7) is 0. The summed E-state index contributed by atoms with van der Waals surface area (Å²) in [6, 6.07) is 1.88. The van der Waals surface area contributed by atoms with E-state index in [4.69, 9.17) is 11.6 Å². The van der Waals surface area contributed by atoms with Crippen LogP contribution in [0.2, 0.25) is 5.02 Å². The molecular weight excluding hydrogens is 357 g/mol. The van der Waals surface area contributed by atoms with Crippen molar-refractivity contribution < 1.29 is 9.50 Å². The van der Waals surface area contributed by atoms with Crippen LogP contribution < -0.4 is 5.32 Å². The van der Waals surface area contributed by atoms with Gasteiger partial charge in [-0.25, -0.2) is 9.37 Å². The molecule has 3 unspecified atom stereocenters. The van der Waals surface area contributed by atoms with E-state index in [0.717, 1.165) is 30.2 Å². The number of aromatic amines is 1. The van der Waals surface area contributed by atoms with Gasteiger partial charge in [-0.05, 0) is 31.7 Å². The first-order chi connectivity index (χ1) is 12.5. The number of hydrogen-bond acceptors (Lipinski definition) is 5. The van der Waals surface area contributed by atoms with E-state index < -0.39 is 5.83 Å². The third-order valence-electron chi connectivity index (χ3n) is 5.07. The molecule has 0 bridgehead atoms. The van der Waals surface area contributed by atoms with Crippen LogP contribution in [-0.2, 0) is 0 Å². The number of allylic oxidation sites excluding steroid dienone is 1. The molecule has 0 radical (unpaired) electrons. The molecule has 1 fully saturated rings. The molecule has 0 saturated heterocycles. The molecule has 26 heavy (non-hydrogen) atoms. The van der Waals surface area contributed by atoms with Gasteiger partial charge in [0.2, 0.25) is 0 Å². The van der Waals surface area contributed by atoms with E-state index in [1.54, 1.807) is 18.1 Å². The molecule has 0 amide bonds. The molecule has 2 aromatic heterocycles. The molecular formula is C18H21ClFN5O. The number of aliphatic imine (C=N–C) groups is 1. The van der Waals surface area contributed by atoms with Crippen LogP contribution in [-0.4, -0.2) is 45.4 Å². The number of pyridine rings is 1. The second-order valence-electron chi connectivity index (χ2n) is 6.91. The Morgan fingerprint density at radius 1 is 1.42 bits per heavy atom. The van der Waals surface area contributed by atoms with Crippen molar-refractivity contribution in [2.24, 2.45) is 4.99 Å². The molecule has 3 N–H and O–H groups in total. The SMILES string of the molecule is CN1C(NC2CCCC(O)C2)=C(F)C=NC1c1c[nH]c2ncc(Cl)cc12. The molecule has 8 heteroatoms. The van der Waals surface area contributed by atoms with Gasteiger partial charge < -0.3 is 20.3 Å². The second kappa shape index (κ2) is 6.89. The van der Waals surface area contributed by atoms with Gasteiger partial charge in [0.05, 0.1) is 17.3 Å². The largest absolute Gasteiger partial charge is 0.393 e. The highest BCUT2D eigenvalue weighted by Crippen LogP contribution is 2.34. The number of fused-ring (bicyclic) bond motifs is 1. The lowest BCUT2D eigenvalue weighted by atomic mass is 9.93. The van der Waals surface area contributed by atoms with Crippen LogP contribution in [0, 0.1) is 0 Å². The number of aromatic nitrogens is 2. The molecule has 3 heterocycles. The summed E-state index contributed by atoms with van der Waals surface area (Å²) in [5.41, 5.74) is 1.59. The van der Waals surface area contributed by atoms with Crippen molar-refractivity contribution in [1.82, 2.24) is 20.2 Å². The lowest BCUT2D eigenvalue weighted by Crippen LogP contribution is -2.42. The maximum absolute atomic E-state index is 14.5. The van der Waals surface area contributed by atoms with Crippen molar-refractivity contribution in [3.05, 3.63) is 40.7 Å². The number of halogens is 2. The standard InChI is InChI=1S/C18H21ClFN5O/c1-25-17(14-8-22-16-13(14)5-10(19)7-21-16)23-9-15(20)18(25)24-11-3-2-4-12(26)6-11/h5,7-9,11-12,17,24,26H,2-4,6H2,1H3,(H,21,22). The van der Waals surface area contributed by atoms with Gasteiger partial charge in [0.15, 0.2) is 5.83 Å². The van der Waals surface area contributed by atoms with Crippen LogP contribution in [0.3, 0.4) is 0 Å². The Balaban J connectivity index is 1.61. The van der Waals surface area contributed by atoms with Crippen molar-refractivity contribution in [1.29, 1.82) is 0 Å². The van der Waals surface area contributed by atoms with E-state index in [-0.39, 0.29) is 18.3 Å². The Bertz CT molecular complexity index is 880. The highest BCUT2D eigenvalue weighted by molar-refractivity contribution is 6.31. The zero-order valence-corrected chi connectivity index (χ0v) is 15.2. The predicted octanol–water partition coefficient (Wildman–Crippen LogP) is 3.26. The Morgan fingerprint density at radius 2 is 2.27 bits per heavy atom. The highest BCUT2D eigenvalue weighted by Gasteiger charge is 2.29. The molecule has 2 aliphatic rings. The summed E-state index contributed by atoms with van der Waals surface area (Å²) in [5, 5.41) is 14.5. The maximum atomic E-state index is 14.5. The minimum Gasteiger partial charge on any atom is -0.393 e. The first kappa shape index (κ1) is 17.3. The first-order valence-corrected chi connectivity index (χ1v) is 9.13. The van der Waals surface area contributed by atoms with Crippen molar-refractivity contribution in [3.8, 4) is 0 Å². The lowest BCUT2D eigenvalue weighted by molar-refractivity contribution is 0.110. The summed E-state index contributed by atoms with van der Waals surface area (Å²) < 4.78 is 14.5. The van der Waals surface area contributed by atoms with Gasteiger partial charge in [0.25, 0.3) is 0 Å². The molecule has 138 valence electrons. The average molecular weight is 378 g/mol. The number of aliphatic hydroxyl groups excluding tert-OH is 1. The summed E-state index contributed by atoms with van der Waals surface area (Å²) in [4.78, 5) is 13.5. The Labute approximate surface area is 155 Å². The zero-order chi connectivity index (χ0) is 18.3. The quantitative estimate of drug-likeness (QED) is 0.767. The normalized spacial score (nSPS) is 26.6. The van der Waals surface area contributed by atoms with E-state index in [0.29, 0.717) is 22.9 Å². The third kappa shape index (κ3) is 3.17. The van der Waals surface area contributed by atoms with Crippen molar-refractivity contribution in [3.63, 3.8) is 0 Å². The third-order valence-corrected chi connectivity index (χ3v) is 5.28.